The van der Waals surface area contributed by atoms with E-state index in [1.54, 1.807) is 11.9 Å². The van der Waals surface area contributed by atoms with E-state index in [9.17, 15) is 23.5 Å². The number of carbonyl (C=O) groups is 2. The summed E-state index contributed by atoms with van der Waals surface area (Å²) in [6.07, 6.45) is 1.26. The molecule has 3 rings (SSSR count). The molecule has 34 heavy (non-hydrogen) atoms. The molecule has 1 aromatic rings. The Morgan fingerprint density at radius 1 is 1.26 bits per heavy atom. The lowest BCUT2D eigenvalue weighted by Gasteiger charge is -2.32. The Kier molecular flexibility index (Phi) is 11.4. The largest absolute Gasteiger partial charge is 0.505 e. The molecule has 2 aliphatic rings. The summed E-state index contributed by atoms with van der Waals surface area (Å²) < 4.78 is 26.9. The van der Waals surface area contributed by atoms with Crippen LogP contribution in [-0.4, -0.2) is 53.4 Å². The predicted octanol–water partition coefficient (Wildman–Crippen LogP) is 3.74. The van der Waals surface area contributed by atoms with Crippen molar-refractivity contribution in [1.29, 1.82) is 0 Å². The van der Waals surface area contributed by atoms with Crippen LogP contribution in [-0.2, 0) is 16.1 Å². The molecule has 4 N–H and O–H groups in total. The average Bonchev–Trinajstić information content (AvgIpc) is 3.29. The highest BCUT2D eigenvalue weighted by Crippen LogP contribution is 2.39. The van der Waals surface area contributed by atoms with Crippen molar-refractivity contribution in [3.63, 3.8) is 0 Å². The zero-order valence-corrected chi connectivity index (χ0v) is 20.7. The molecule has 1 saturated heterocycles. The van der Waals surface area contributed by atoms with E-state index in [-0.39, 0.29) is 40.6 Å². The summed E-state index contributed by atoms with van der Waals surface area (Å²) in [5, 5.41) is 13.2. The minimum absolute atomic E-state index is 0.0584. The second kappa shape index (κ2) is 13.5. The van der Waals surface area contributed by atoms with Crippen LogP contribution in [0.5, 0.6) is 0 Å². The lowest BCUT2D eigenvalue weighted by atomic mass is 9.95. The second-order valence-corrected chi connectivity index (χ2v) is 7.40. The molecule has 0 saturated carbocycles. The van der Waals surface area contributed by atoms with Crippen LogP contribution in [0.3, 0.4) is 0 Å². The minimum Gasteiger partial charge on any atom is -0.505 e. The Hall–Kier alpha value is -3.20. The zero-order chi connectivity index (χ0) is 26.0. The van der Waals surface area contributed by atoms with E-state index in [0.29, 0.717) is 31.6 Å². The molecule has 0 bridgehead atoms. The lowest BCUT2D eigenvalue weighted by molar-refractivity contribution is -0.127. The van der Waals surface area contributed by atoms with Crippen molar-refractivity contribution < 1.29 is 23.5 Å². The molecule has 9 heteroatoms. The maximum Gasteiger partial charge on any atom is 0.274 e. The van der Waals surface area contributed by atoms with Crippen molar-refractivity contribution in [2.24, 2.45) is 5.73 Å². The summed E-state index contributed by atoms with van der Waals surface area (Å²) in [7, 11) is 1.63. The first-order valence-electron chi connectivity index (χ1n) is 11.5. The van der Waals surface area contributed by atoms with E-state index >= 15 is 0 Å². The van der Waals surface area contributed by atoms with E-state index in [2.05, 4.69) is 11.9 Å². The fourth-order valence-electron chi connectivity index (χ4n) is 3.48. The Bertz CT molecular complexity index is 973. The first kappa shape index (κ1) is 28.8. The van der Waals surface area contributed by atoms with Gasteiger partial charge >= 0.3 is 0 Å². The van der Waals surface area contributed by atoms with Crippen LogP contribution in [0, 0.1) is 11.6 Å². The van der Waals surface area contributed by atoms with Crippen LogP contribution >= 0.6 is 0 Å². The SMILES string of the molecule is C=C1C(O)=C(C(=O)N(C)CC)N2CCCC2=C1C(=O)NCc1ccc(F)cc1F.CC.CCN. The summed E-state index contributed by atoms with van der Waals surface area (Å²) in [5.41, 5.74) is 5.95. The number of carbonyl (C=O) groups excluding carboxylic acids is 2. The van der Waals surface area contributed by atoms with E-state index in [4.69, 9.17) is 5.73 Å². The van der Waals surface area contributed by atoms with Gasteiger partial charge in [0.1, 0.15) is 17.3 Å². The van der Waals surface area contributed by atoms with Crippen molar-refractivity contribution >= 4 is 11.8 Å². The molecule has 0 aliphatic carbocycles. The number of hydrogen-bond acceptors (Lipinski definition) is 5. The van der Waals surface area contributed by atoms with Gasteiger partial charge in [-0.1, -0.05) is 33.4 Å². The van der Waals surface area contributed by atoms with Gasteiger partial charge in [-0.3, -0.25) is 9.59 Å². The molecule has 1 aromatic carbocycles. The highest BCUT2D eigenvalue weighted by molar-refractivity contribution is 6.03. The molecule has 2 heterocycles. The summed E-state index contributed by atoms with van der Waals surface area (Å²) >= 11 is 0. The molecule has 0 atom stereocenters. The number of likely N-dealkylation sites (N-methyl/N-ethyl adjacent to an activating group) is 1. The van der Waals surface area contributed by atoms with E-state index in [0.717, 1.165) is 18.7 Å². The molecule has 1 fully saturated rings. The van der Waals surface area contributed by atoms with Crippen molar-refractivity contribution in [2.45, 2.75) is 47.1 Å². The minimum atomic E-state index is -0.758. The summed E-state index contributed by atoms with van der Waals surface area (Å²) in [6.45, 7) is 13.1. The molecule has 7 nitrogen and oxygen atoms in total. The third-order valence-corrected chi connectivity index (χ3v) is 5.20. The molecule has 0 spiro atoms. The van der Waals surface area contributed by atoms with Crippen LogP contribution in [0.15, 0.2) is 53.1 Å². The second-order valence-electron chi connectivity index (χ2n) is 7.40. The van der Waals surface area contributed by atoms with Gasteiger partial charge in [0.15, 0.2) is 5.76 Å². The van der Waals surface area contributed by atoms with E-state index < -0.39 is 17.5 Å². The average molecular weight is 479 g/mol. The first-order valence-corrected chi connectivity index (χ1v) is 11.5. The number of halogens is 2. The number of fused-ring (bicyclic) bond motifs is 1. The van der Waals surface area contributed by atoms with Gasteiger partial charge in [-0.2, -0.15) is 0 Å². The Morgan fingerprint density at radius 3 is 2.44 bits per heavy atom. The number of benzene rings is 1. The molecule has 0 unspecified atom stereocenters. The van der Waals surface area contributed by atoms with Crippen molar-refractivity contribution in [3.8, 4) is 0 Å². The third kappa shape index (κ3) is 6.44. The van der Waals surface area contributed by atoms with E-state index in [1.165, 1.54) is 11.0 Å². The number of nitrogens with two attached hydrogens (primary N) is 1. The Balaban J connectivity index is 0.00000107. The number of nitrogens with zero attached hydrogens (tertiary/aromatic N) is 2. The molecule has 0 aromatic heterocycles. The fourth-order valence-corrected chi connectivity index (χ4v) is 3.48. The topological polar surface area (TPSA) is 98.9 Å². The number of rotatable bonds is 5. The van der Waals surface area contributed by atoms with Gasteiger partial charge in [-0.15, -0.1) is 0 Å². The van der Waals surface area contributed by atoms with Gasteiger partial charge in [0.25, 0.3) is 11.8 Å². The number of aliphatic hydroxyl groups is 1. The highest BCUT2D eigenvalue weighted by Gasteiger charge is 2.39. The van der Waals surface area contributed by atoms with Crippen LogP contribution in [0.4, 0.5) is 8.78 Å². The fraction of sp³-hybridized carbons (Fsp3) is 0.440. The van der Waals surface area contributed by atoms with Gasteiger partial charge in [-0.05, 0) is 32.4 Å². The van der Waals surface area contributed by atoms with Crippen molar-refractivity contribution in [2.75, 3.05) is 26.7 Å². The van der Waals surface area contributed by atoms with Gasteiger partial charge in [0.2, 0.25) is 0 Å². The quantitative estimate of drug-likeness (QED) is 0.599. The van der Waals surface area contributed by atoms with Crippen LogP contribution < -0.4 is 11.1 Å². The maximum atomic E-state index is 13.8. The van der Waals surface area contributed by atoms with Crippen LogP contribution in [0.25, 0.3) is 0 Å². The summed E-state index contributed by atoms with van der Waals surface area (Å²) in [4.78, 5) is 28.7. The predicted molar refractivity (Wildman–Crippen MR) is 129 cm³/mol. The standard InChI is InChI=1S/C21H23F2N3O3.C2H7N.C2H6/c1-4-25(3)21(29)18-19(27)12(2)17(16-6-5-9-26(16)18)20(28)24-11-13-7-8-14(22)10-15(13)23;1-2-3;1-2/h7-8,10,27H,2,4-6,9,11H2,1,3H3,(H,24,28);2-3H2,1H3;1-2H3. The molecule has 2 amide bonds. The van der Waals surface area contributed by atoms with Crippen molar-refractivity contribution in [3.05, 3.63) is 70.3 Å². The van der Waals surface area contributed by atoms with Crippen LogP contribution in [0.2, 0.25) is 0 Å². The lowest BCUT2D eigenvalue weighted by Crippen LogP contribution is -2.39. The van der Waals surface area contributed by atoms with E-state index in [1.807, 2.05) is 27.7 Å². The number of nitrogens with one attached hydrogen (secondary N) is 1. The summed E-state index contributed by atoms with van der Waals surface area (Å²) in [5.74, 6) is -2.68. The smallest absolute Gasteiger partial charge is 0.274 e. The first-order chi connectivity index (χ1) is 16.2. The molecule has 2 aliphatic heterocycles. The normalized spacial score (nSPS) is 14.6. The monoisotopic (exact) mass is 478 g/mol. The van der Waals surface area contributed by atoms with Crippen molar-refractivity contribution in [1.82, 2.24) is 15.1 Å². The molecular weight excluding hydrogens is 442 g/mol. The number of aliphatic hydroxyl groups excluding tert-OH is 1. The van der Waals surface area contributed by atoms with Gasteiger partial charge in [0, 0.05) is 49.6 Å². The maximum absolute atomic E-state index is 13.8. The zero-order valence-electron chi connectivity index (χ0n) is 20.7. The van der Waals surface area contributed by atoms with Gasteiger partial charge < -0.3 is 26.0 Å². The number of amides is 2. The molecule has 0 radical (unpaired) electrons. The van der Waals surface area contributed by atoms with Crippen LogP contribution in [0.1, 0.15) is 46.1 Å². The molecular formula is C25H36F2N4O3. The number of hydrogen-bond donors (Lipinski definition) is 3. The molecule has 188 valence electrons. The third-order valence-electron chi connectivity index (χ3n) is 5.20. The van der Waals surface area contributed by atoms with Gasteiger partial charge in [-0.25, -0.2) is 8.78 Å². The Labute approximate surface area is 200 Å². The van der Waals surface area contributed by atoms with Gasteiger partial charge in [0.05, 0.1) is 5.57 Å². The summed E-state index contributed by atoms with van der Waals surface area (Å²) in [6, 6.07) is 3.12. The highest BCUT2D eigenvalue weighted by atomic mass is 19.1. The Morgan fingerprint density at radius 2 is 1.88 bits per heavy atom. The number of allylic oxidation sites excluding steroid dienone is 2.